The highest BCUT2D eigenvalue weighted by Crippen LogP contribution is 2.28. The SMILES string of the molecule is CC(C)Cc1nc(CSC(C)(C)C)nc(Cl)c1I. The van der Waals surface area contributed by atoms with Gasteiger partial charge in [0.2, 0.25) is 0 Å². The molecule has 0 fully saturated rings. The third-order valence-corrected chi connectivity index (χ3v) is 5.16. The van der Waals surface area contributed by atoms with Crippen molar-refractivity contribution in [1.29, 1.82) is 0 Å². The minimum absolute atomic E-state index is 0.219. The highest BCUT2D eigenvalue weighted by Gasteiger charge is 2.15. The largest absolute Gasteiger partial charge is 0.236 e. The van der Waals surface area contributed by atoms with E-state index in [0.717, 1.165) is 27.3 Å². The molecular formula is C13H20ClIN2S. The molecule has 0 N–H and O–H groups in total. The molecule has 102 valence electrons. The second kappa shape index (κ2) is 6.75. The van der Waals surface area contributed by atoms with Crippen molar-refractivity contribution in [2.45, 2.75) is 51.5 Å². The van der Waals surface area contributed by atoms with Gasteiger partial charge in [-0.25, -0.2) is 9.97 Å². The lowest BCUT2D eigenvalue weighted by Crippen LogP contribution is -2.10. The third kappa shape index (κ3) is 5.61. The molecule has 1 aromatic heterocycles. The minimum atomic E-state index is 0.219. The third-order valence-electron chi connectivity index (χ3n) is 2.16. The van der Waals surface area contributed by atoms with Gasteiger partial charge in [-0.1, -0.05) is 46.2 Å². The monoisotopic (exact) mass is 398 g/mol. The molecule has 0 spiro atoms. The van der Waals surface area contributed by atoms with Crippen LogP contribution in [0.2, 0.25) is 5.15 Å². The zero-order chi connectivity index (χ0) is 13.9. The fraction of sp³-hybridized carbons (Fsp3) is 0.692. The van der Waals surface area contributed by atoms with E-state index < -0.39 is 0 Å². The van der Waals surface area contributed by atoms with E-state index in [4.69, 9.17) is 11.6 Å². The first-order valence-corrected chi connectivity index (χ1v) is 8.48. The van der Waals surface area contributed by atoms with Crippen LogP contribution in [0, 0.1) is 9.49 Å². The molecule has 1 heterocycles. The molecule has 0 saturated heterocycles. The van der Waals surface area contributed by atoms with E-state index >= 15 is 0 Å². The number of rotatable bonds is 4. The van der Waals surface area contributed by atoms with Crippen LogP contribution in [0.5, 0.6) is 0 Å². The standard InChI is InChI=1S/C13H20ClIN2S/c1-8(2)6-9-11(15)12(14)17-10(16-9)7-18-13(3,4)5/h8H,6-7H2,1-5H3. The first kappa shape index (κ1) is 16.5. The molecule has 0 amide bonds. The highest BCUT2D eigenvalue weighted by molar-refractivity contribution is 14.1. The Labute approximate surface area is 133 Å². The Morgan fingerprint density at radius 3 is 2.39 bits per heavy atom. The van der Waals surface area contributed by atoms with Crippen molar-refractivity contribution in [2.24, 2.45) is 5.92 Å². The molecule has 1 rings (SSSR count). The van der Waals surface area contributed by atoms with Gasteiger partial charge in [0.05, 0.1) is 15.0 Å². The van der Waals surface area contributed by atoms with Crippen molar-refractivity contribution in [3.05, 3.63) is 20.2 Å². The van der Waals surface area contributed by atoms with Gasteiger partial charge < -0.3 is 0 Å². The van der Waals surface area contributed by atoms with Gasteiger partial charge in [0.15, 0.2) is 0 Å². The smallest absolute Gasteiger partial charge is 0.146 e. The van der Waals surface area contributed by atoms with Crippen molar-refractivity contribution < 1.29 is 0 Å². The van der Waals surface area contributed by atoms with Crippen LogP contribution < -0.4 is 0 Å². The number of nitrogens with zero attached hydrogens (tertiary/aromatic N) is 2. The molecule has 5 heteroatoms. The topological polar surface area (TPSA) is 25.8 Å². The lowest BCUT2D eigenvalue weighted by atomic mass is 10.1. The quantitative estimate of drug-likeness (QED) is 0.529. The average Bonchev–Trinajstić information content (AvgIpc) is 2.20. The maximum Gasteiger partial charge on any atom is 0.146 e. The fourth-order valence-corrected chi connectivity index (χ4v) is 2.74. The van der Waals surface area contributed by atoms with Gasteiger partial charge in [-0.3, -0.25) is 0 Å². The summed E-state index contributed by atoms with van der Waals surface area (Å²) in [7, 11) is 0. The predicted octanol–water partition coefficient (Wildman–Crippen LogP) is 4.96. The number of hydrogen-bond acceptors (Lipinski definition) is 3. The van der Waals surface area contributed by atoms with Crippen molar-refractivity contribution in [2.75, 3.05) is 0 Å². The van der Waals surface area contributed by atoms with Crippen LogP contribution in [0.1, 0.15) is 46.1 Å². The number of aromatic nitrogens is 2. The molecular weight excluding hydrogens is 379 g/mol. The Bertz CT molecular complexity index is 416. The van der Waals surface area contributed by atoms with E-state index in [2.05, 4.69) is 67.2 Å². The van der Waals surface area contributed by atoms with Crippen LogP contribution in [-0.2, 0) is 12.2 Å². The Morgan fingerprint density at radius 1 is 1.28 bits per heavy atom. The molecule has 18 heavy (non-hydrogen) atoms. The molecule has 0 saturated carbocycles. The first-order chi connectivity index (χ1) is 8.19. The molecule has 0 aliphatic heterocycles. The Hall–Kier alpha value is 0.450. The van der Waals surface area contributed by atoms with Gasteiger partial charge in [0, 0.05) is 4.75 Å². The molecule has 0 aliphatic carbocycles. The van der Waals surface area contributed by atoms with Crippen LogP contribution in [0.4, 0.5) is 0 Å². The summed E-state index contributed by atoms with van der Waals surface area (Å²) in [5.74, 6) is 2.23. The summed E-state index contributed by atoms with van der Waals surface area (Å²) in [5.41, 5.74) is 1.08. The van der Waals surface area contributed by atoms with Crippen LogP contribution >= 0.6 is 46.0 Å². The number of hydrogen-bond donors (Lipinski definition) is 0. The second-order valence-corrected chi connectivity index (χ2v) is 8.93. The van der Waals surface area contributed by atoms with Gasteiger partial charge in [-0.2, -0.15) is 0 Å². The zero-order valence-electron chi connectivity index (χ0n) is 11.6. The minimum Gasteiger partial charge on any atom is -0.236 e. The molecule has 1 aromatic rings. The maximum atomic E-state index is 6.18. The van der Waals surface area contributed by atoms with E-state index in [1.807, 2.05) is 11.8 Å². The van der Waals surface area contributed by atoms with Gasteiger partial charge in [0.25, 0.3) is 0 Å². The van der Waals surface area contributed by atoms with Crippen LogP contribution in [0.25, 0.3) is 0 Å². The summed E-state index contributed by atoms with van der Waals surface area (Å²) < 4.78 is 1.21. The van der Waals surface area contributed by atoms with Crippen LogP contribution in [0.3, 0.4) is 0 Å². The molecule has 0 aliphatic rings. The molecule has 0 atom stereocenters. The van der Waals surface area contributed by atoms with E-state index in [-0.39, 0.29) is 4.75 Å². The van der Waals surface area contributed by atoms with Gasteiger partial charge >= 0.3 is 0 Å². The Morgan fingerprint density at radius 2 is 1.89 bits per heavy atom. The molecule has 0 radical (unpaired) electrons. The molecule has 0 aromatic carbocycles. The molecule has 2 nitrogen and oxygen atoms in total. The van der Waals surface area contributed by atoms with E-state index in [1.54, 1.807) is 0 Å². The van der Waals surface area contributed by atoms with Crippen LogP contribution in [-0.4, -0.2) is 14.7 Å². The number of halogens is 2. The summed E-state index contributed by atoms with van der Waals surface area (Å²) in [6.07, 6.45) is 0.952. The van der Waals surface area contributed by atoms with Crippen LogP contribution in [0.15, 0.2) is 0 Å². The lowest BCUT2D eigenvalue weighted by Gasteiger charge is -2.17. The van der Waals surface area contributed by atoms with E-state index in [0.29, 0.717) is 11.1 Å². The number of thioether (sulfide) groups is 1. The zero-order valence-corrected chi connectivity index (χ0v) is 15.3. The Balaban J connectivity index is 2.90. The van der Waals surface area contributed by atoms with Crippen molar-refractivity contribution in [1.82, 2.24) is 9.97 Å². The Kier molecular flexibility index (Phi) is 6.19. The van der Waals surface area contributed by atoms with Crippen molar-refractivity contribution in [3.8, 4) is 0 Å². The highest BCUT2D eigenvalue weighted by atomic mass is 127. The van der Waals surface area contributed by atoms with Crippen molar-refractivity contribution in [3.63, 3.8) is 0 Å². The summed E-state index contributed by atoms with van der Waals surface area (Å²) in [4.78, 5) is 9.02. The second-order valence-electron chi connectivity index (χ2n) is 5.69. The maximum absolute atomic E-state index is 6.18. The van der Waals surface area contributed by atoms with Gasteiger partial charge in [-0.15, -0.1) is 11.8 Å². The fourth-order valence-electron chi connectivity index (χ4n) is 1.38. The van der Waals surface area contributed by atoms with Gasteiger partial charge in [-0.05, 0) is 34.9 Å². The van der Waals surface area contributed by atoms with E-state index in [1.165, 1.54) is 0 Å². The molecule has 0 bridgehead atoms. The summed E-state index contributed by atoms with van der Waals surface area (Å²) in [5, 5.41) is 0.589. The summed E-state index contributed by atoms with van der Waals surface area (Å²) >= 11 is 10.3. The molecule has 0 unspecified atom stereocenters. The van der Waals surface area contributed by atoms with E-state index in [9.17, 15) is 0 Å². The first-order valence-electron chi connectivity index (χ1n) is 6.04. The van der Waals surface area contributed by atoms with Gasteiger partial charge in [0.1, 0.15) is 11.0 Å². The average molecular weight is 399 g/mol. The lowest BCUT2D eigenvalue weighted by molar-refractivity contribution is 0.629. The summed E-state index contributed by atoms with van der Waals surface area (Å²) in [6.45, 7) is 11.0. The predicted molar refractivity (Wildman–Crippen MR) is 89.3 cm³/mol. The van der Waals surface area contributed by atoms with Crippen molar-refractivity contribution >= 4 is 46.0 Å². The summed E-state index contributed by atoms with van der Waals surface area (Å²) in [6, 6.07) is 0. The normalized spacial score (nSPS) is 12.2.